The van der Waals surface area contributed by atoms with Gasteiger partial charge >= 0.3 is 6.18 Å². The van der Waals surface area contributed by atoms with Gasteiger partial charge < -0.3 is 4.74 Å². The molecule has 0 atom stereocenters. The van der Waals surface area contributed by atoms with Gasteiger partial charge in [0.15, 0.2) is 10.8 Å². The van der Waals surface area contributed by atoms with Crippen LogP contribution in [0.2, 0.25) is 0 Å². The number of hydrogen-bond donors (Lipinski definition) is 0. The Hall–Kier alpha value is -3.21. The first kappa shape index (κ1) is 19.7. The second kappa shape index (κ2) is 7.49. The molecule has 0 aliphatic carbocycles. The van der Waals surface area contributed by atoms with E-state index in [4.69, 9.17) is 4.74 Å². The zero-order valence-electron chi connectivity index (χ0n) is 16.4. The number of thiazole rings is 1. The molecule has 0 radical (unpaired) electrons. The van der Waals surface area contributed by atoms with Gasteiger partial charge in [-0.1, -0.05) is 6.07 Å². The second-order valence-corrected chi connectivity index (χ2v) is 8.13. The summed E-state index contributed by atoms with van der Waals surface area (Å²) in [6, 6.07) is 5.86. The van der Waals surface area contributed by atoms with Gasteiger partial charge in [0.1, 0.15) is 18.6 Å². The highest BCUT2D eigenvalue weighted by molar-refractivity contribution is 7.15. The maximum atomic E-state index is 12.9. The van der Waals surface area contributed by atoms with Crippen LogP contribution < -0.4 is 4.74 Å². The molecule has 0 bridgehead atoms. The van der Waals surface area contributed by atoms with Crippen molar-refractivity contribution in [3.05, 3.63) is 41.8 Å². The first-order valence-corrected chi connectivity index (χ1v) is 10.5. The van der Waals surface area contributed by atoms with E-state index in [-0.39, 0.29) is 5.82 Å². The third kappa shape index (κ3) is 3.80. The van der Waals surface area contributed by atoms with Crippen molar-refractivity contribution in [1.29, 1.82) is 0 Å². The van der Waals surface area contributed by atoms with Gasteiger partial charge in [-0.15, -0.1) is 11.3 Å². The van der Waals surface area contributed by atoms with Gasteiger partial charge in [-0.2, -0.15) is 23.4 Å². The maximum absolute atomic E-state index is 12.9. The fourth-order valence-electron chi connectivity index (χ4n) is 3.50. The molecule has 1 aromatic carbocycles. The minimum Gasteiger partial charge on any atom is -0.492 e. The lowest BCUT2D eigenvalue weighted by Gasteiger charge is -2.09. The number of halogens is 3. The first-order chi connectivity index (χ1) is 14.9. The Bertz CT molecular complexity index is 1240. The van der Waals surface area contributed by atoms with Crippen molar-refractivity contribution in [2.75, 3.05) is 6.61 Å². The summed E-state index contributed by atoms with van der Waals surface area (Å²) in [5.41, 5.74) is 3.48. The Morgan fingerprint density at radius 1 is 1.19 bits per heavy atom. The minimum atomic E-state index is -4.39. The molecule has 3 aromatic heterocycles. The van der Waals surface area contributed by atoms with Crippen LogP contribution in [-0.4, -0.2) is 42.3 Å². The number of alkyl halides is 3. The molecule has 0 spiro atoms. The van der Waals surface area contributed by atoms with Crippen molar-refractivity contribution in [2.45, 2.75) is 32.6 Å². The van der Waals surface area contributed by atoms with Crippen LogP contribution in [0.3, 0.4) is 0 Å². The van der Waals surface area contributed by atoms with E-state index in [1.807, 2.05) is 42.2 Å². The number of hydrogen-bond acceptors (Lipinski definition) is 6. The molecule has 4 aromatic rings. The molecule has 0 fully saturated rings. The third-order valence-corrected chi connectivity index (χ3v) is 6.06. The van der Waals surface area contributed by atoms with Crippen molar-refractivity contribution >= 4 is 11.3 Å². The molecule has 7 nitrogen and oxygen atoms in total. The lowest BCUT2D eigenvalue weighted by Crippen LogP contribution is -2.19. The van der Waals surface area contributed by atoms with Gasteiger partial charge in [0, 0.05) is 35.2 Å². The average molecular weight is 446 g/mol. The van der Waals surface area contributed by atoms with E-state index in [0.29, 0.717) is 29.5 Å². The summed E-state index contributed by atoms with van der Waals surface area (Å²) in [6.45, 7) is 2.05. The van der Waals surface area contributed by atoms with Gasteiger partial charge in [0.25, 0.3) is 0 Å². The van der Waals surface area contributed by atoms with Crippen LogP contribution in [-0.2, 0) is 19.5 Å². The van der Waals surface area contributed by atoms with Crippen LogP contribution in [0.5, 0.6) is 5.75 Å². The number of aryl methyl sites for hydroxylation is 1. The van der Waals surface area contributed by atoms with Crippen molar-refractivity contribution in [3.8, 4) is 39.0 Å². The summed E-state index contributed by atoms with van der Waals surface area (Å²) >= 11 is 1.32. The first-order valence-electron chi connectivity index (χ1n) is 9.66. The highest BCUT2D eigenvalue weighted by atomic mass is 32.1. The van der Waals surface area contributed by atoms with Crippen molar-refractivity contribution in [2.24, 2.45) is 0 Å². The van der Waals surface area contributed by atoms with Gasteiger partial charge in [0.05, 0.1) is 18.5 Å². The second-order valence-electron chi connectivity index (χ2n) is 7.04. The molecular weight excluding hydrogens is 429 g/mol. The van der Waals surface area contributed by atoms with Crippen LogP contribution >= 0.6 is 11.3 Å². The van der Waals surface area contributed by atoms with E-state index in [1.165, 1.54) is 11.3 Å². The van der Waals surface area contributed by atoms with E-state index >= 15 is 0 Å². The van der Waals surface area contributed by atoms with Crippen molar-refractivity contribution < 1.29 is 17.9 Å². The summed E-state index contributed by atoms with van der Waals surface area (Å²) < 4.78 is 47.2. The topological polar surface area (TPSA) is 70.7 Å². The zero-order chi connectivity index (χ0) is 21.6. The minimum absolute atomic E-state index is 0.112. The van der Waals surface area contributed by atoms with Gasteiger partial charge in [0.2, 0.25) is 0 Å². The quantitative estimate of drug-likeness (QED) is 0.463. The predicted molar refractivity (Wildman–Crippen MR) is 109 cm³/mol. The van der Waals surface area contributed by atoms with E-state index < -0.39 is 12.7 Å². The molecule has 5 rings (SSSR count). The molecule has 160 valence electrons. The standard InChI is InChI=1S/C20H17F3N6OS/c1-2-28-9-13(8-25-28)12-3-4-14-15(7-12)30-6-5-16-17(14)27-19(31-16)18-24-11-26-29(18)10-20(21,22)23/h3-4,7-9,11H,2,5-6,10H2,1H3. The monoisotopic (exact) mass is 446 g/mol. The lowest BCUT2D eigenvalue weighted by molar-refractivity contribution is -0.142. The highest BCUT2D eigenvalue weighted by Crippen LogP contribution is 2.41. The number of aromatic nitrogens is 6. The van der Waals surface area contributed by atoms with Crippen molar-refractivity contribution in [1.82, 2.24) is 29.5 Å². The molecule has 0 amide bonds. The summed E-state index contributed by atoms with van der Waals surface area (Å²) in [5, 5.41) is 8.44. The van der Waals surface area contributed by atoms with Crippen LogP contribution in [0.4, 0.5) is 13.2 Å². The average Bonchev–Trinajstić information content (AvgIpc) is 3.44. The van der Waals surface area contributed by atoms with Crippen LogP contribution in [0.15, 0.2) is 36.9 Å². The van der Waals surface area contributed by atoms with E-state index in [1.54, 1.807) is 0 Å². The lowest BCUT2D eigenvalue weighted by atomic mass is 10.0. The molecule has 0 saturated carbocycles. The number of ether oxygens (including phenoxy) is 1. The Balaban J connectivity index is 1.53. The number of benzene rings is 1. The summed E-state index contributed by atoms with van der Waals surface area (Å²) in [5.74, 6) is 0.801. The Labute approximate surface area is 179 Å². The van der Waals surface area contributed by atoms with Crippen LogP contribution in [0.25, 0.3) is 33.2 Å². The van der Waals surface area contributed by atoms with Crippen molar-refractivity contribution in [3.63, 3.8) is 0 Å². The molecular formula is C20H17F3N6OS. The smallest absolute Gasteiger partial charge is 0.408 e. The summed E-state index contributed by atoms with van der Waals surface area (Å²) in [6.07, 6.45) is 1.12. The number of nitrogens with zero attached hydrogens (tertiary/aromatic N) is 6. The Morgan fingerprint density at radius 2 is 2.06 bits per heavy atom. The molecule has 4 heterocycles. The Kier molecular flexibility index (Phi) is 4.77. The van der Waals surface area contributed by atoms with E-state index in [2.05, 4.69) is 20.2 Å². The zero-order valence-corrected chi connectivity index (χ0v) is 17.2. The van der Waals surface area contributed by atoms with Crippen LogP contribution in [0, 0.1) is 0 Å². The molecule has 11 heteroatoms. The molecule has 31 heavy (non-hydrogen) atoms. The molecule has 0 N–H and O–H groups in total. The normalized spacial score (nSPS) is 13.4. The molecule has 1 aliphatic rings. The van der Waals surface area contributed by atoms with Gasteiger partial charge in [-0.3, -0.25) is 4.68 Å². The molecule has 0 saturated heterocycles. The number of rotatable bonds is 4. The maximum Gasteiger partial charge on any atom is 0.408 e. The van der Waals surface area contributed by atoms with Crippen LogP contribution in [0.1, 0.15) is 11.8 Å². The highest BCUT2D eigenvalue weighted by Gasteiger charge is 2.31. The third-order valence-electron chi connectivity index (χ3n) is 4.95. The van der Waals surface area contributed by atoms with E-state index in [0.717, 1.165) is 39.1 Å². The van der Waals surface area contributed by atoms with Gasteiger partial charge in [-0.25, -0.2) is 14.6 Å². The molecule has 0 unspecified atom stereocenters. The fraction of sp³-hybridized carbons (Fsp3) is 0.300. The van der Waals surface area contributed by atoms with E-state index in [9.17, 15) is 13.2 Å². The molecule has 1 aliphatic heterocycles. The van der Waals surface area contributed by atoms with Gasteiger partial charge in [-0.05, 0) is 24.6 Å². The predicted octanol–water partition coefficient (Wildman–Crippen LogP) is 4.45. The Morgan fingerprint density at radius 3 is 2.84 bits per heavy atom. The summed E-state index contributed by atoms with van der Waals surface area (Å²) in [7, 11) is 0. The SMILES string of the molecule is CCn1cc(-c2ccc3c(c2)OCCc2sc(-c4ncnn4CC(F)(F)F)nc2-3)cn1. The fourth-order valence-corrected chi connectivity index (χ4v) is 4.56. The largest absolute Gasteiger partial charge is 0.492 e. The summed E-state index contributed by atoms with van der Waals surface area (Å²) in [4.78, 5) is 9.60. The number of fused-ring (bicyclic) bond motifs is 3.